The maximum absolute atomic E-state index is 11.6. The zero-order chi connectivity index (χ0) is 13.9. The Kier molecular flexibility index (Phi) is 7.81. The SMILES string of the molecule is CCNCc1cccc(NC(=O)COCCOC)c1. The smallest absolute Gasteiger partial charge is 0.250 e. The van der Waals surface area contributed by atoms with E-state index < -0.39 is 0 Å². The molecule has 0 aromatic heterocycles. The molecule has 0 atom stereocenters. The lowest BCUT2D eigenvalue weighted by molar-refractivity contribution is -0.121. The minimum absolute atomic E-state index is 0.0425. The Morgan fingerprint density at radius 1 is 1.32 bits per heavy atom. The zero-order valence-corrected chi connectivity index (χ0v) is 11.6. The first-order valence-corrected chi connectivity index (χ1v) is 6.42. The van der Waals surface area contributed by atoms with Crippen LogP contribution in [0.3, 0.4) is 0 Å². The lowest BCUT2D eigenvalue weighted by Crippen LogP contribution is -2.20. The van der Waals surface area contributed by atoms with Gasteiger partial charge in [-0.2, -0.15) is 0 Å². The Bertz CT molecular complexity index is 383. The fraction of sp³-hybridized carbons (Fsp3) is 0.500. The number of hydrogen-bond acceptors (Lipinski definition) is 4. The van der Waals surface area contributed by atoms with Crippen LogP contribution in [0.15, 0.2) is 24.3 Å². The lowest BCUT2D eigenvalue weighted by Gasteiger charge is -2.08. The van der Waals surface area contributed by atoms with Crippen molar-refractivity contribution in [3.63, 3.8) is 0 Å². The van der Waals surface area contributed by atoms with Gasteiger partial charge in [-0.15, -0.1) is 0 Å². The number of methoxy groups -OCH3 is 1. The summed E-state index contributed by atoms with van der Waals surface area (Å²) in [5.41, 5.74) is 1.93. The van der Waals surface area contributed by atoms with Crippen LogP contribution in [0, 0.1) is 0 Å². The average Bonchev–Trinajstić information content (AvgIpc) is 2.42. The maximum Gasteiger partial charge on any atom is 0.250 e. The van der Waals surface area contributed by atoms with Crippen molar-refractivity contribution in [3.05, 3.63) is 29.8 Å². The average molecular weight is 266 g/mol. The number of carbonyl (C=O) groups is 1. The molecule has 1 aromatic carbocycles. The van der Waals surface area contributed by atoms with E-state index in [0.29, 0.717) is 13.2 Å². The molecule has 0 unspecified atom stereocenters. The van der Waals surface area contributed by atoms with Crippen molar-refractivity contribution in [1.82, 2.24) is 5.32 Å². The van der Waals surface area contributed by atoms with E-state index in [4.69, 9.17) is 9.47 Å². The first kappa shape index (κ1) is 15.6. The number of carbonyl (C=O) groups excluding carboxylic acids is 1. The van der Waals surface area contributed by atoms with E-state index in [1.807, 2.05) is 24.3 Å². The summed E-state index contributed by atoms with van der Waals surface area (Å²) >= 11 is 0. The second-order valence-electron chi connectivity index (χ2n) is 4.07. The highest BCUT2D eigenvalue weighted by atomic mass is 16.5. The highest BCUT2D eigenvalue weighted by molar-refractivity contribution is 5.91. The molecule has 0 spiro atoms. The molecule has 0 bridgehead atoms. The van der Waals surface area contributed by atoms with E-state index >= 15 is 0 Å². The Balaban J connectivity index is 2.36. The standard InChI is InChI=1S/C14H22N2O3/c1-3-15-10-12-5-4-6-13(9-12)16-14(17)11-19-8-7-18-2/h4-6,9,15H,3,7-8,10-11H2,1-2H3,(H,16,17). The molecule has 5 nitrogen and oxygen atoms in total. The van der Waals surface area contributed by atoms with Crippen LogP contribution in [-0.2, 0) is 20.8 Å². The molecule has 0 aliphatic heterocycles. The molecule has 2 N–H and O–H groups in total. The van der Waals surface area contributed by atoms with Crippen LogP contribution in [0.4, 0.5) is 5.69 Å². The number of anilines is 1. The van der Waals surface area contributed by atoms with E-state index in [1.54, 1.807) is 7.11 Å². The highest BCUT2D eigenvalue weighted by Crippen LogP contribution is 2.10. The predicted octanol–water partition coefficient (Wildman–Crippen LogP) is 1.40. The topological polar surface area (TPSA) is 59.6 Å². The summed E-state index contributed by atoms with van der Waals surface area (Å²) in [4.78, 5) is 11.6. The molecule has 0 aliphatic carbocycles. The first-order valence-electron chi connectivity index (χ1n) is 6.42. The van der Waals surface area contributed by atoms with E-state index in [2.05, 4.69) is 17.6 Å². The lowest BCUT2D eigenvalue weighted by atomic mass is 10.2. The number of hydrogen-bond donors (Lipinski definition) is 2. The molecular formula is C14H22N2O3. The Hall–Kier alpha value is -1.43. The second-order valence-corrected chi connectivity index (χ2v) is 4.07. The molecule has 0 saturated carbocycles. The van der Waals surface area contributed by atoms with Gasteiger partial charge >= 0.3 is 0 Å². The van der Waals surface area contributed by atoms with Gasteiger partial charge in [0.15, 0.2) is 0 Å². The van der Waals surface area contributed by atoms with E-state index in [0.717, 1.165) is 24.3 Å². The Morgan fingerprint density at radius 2 is 2.16 bits per heavy atom. The number of benzene rings is 1. The van der Waals surface area contributed by atoms with Gasteiger partial charge in [0.1, 0.15) is 6.61 Å². The molecule has 0 saturated heterocycles. The van der Waals surface area contributed by atoms with Crippen LogP contribution >= 0.6 is 0 Å². The van der Waals surface area contributed by atoms with Crippen LogP contribution in [0.25, 0.3) is 0 Å². The molecule has 0 radical (unpaired) electrons. The van der Waals surface area contributed by atoms with Crippen molar-refractivity contribution in [2.75, 3.05) is 38.8 Å². The normalized spacial score (nSPS) is 10.4. The number of ether oxygens (including phenoxy) is 2. The van der Waals surface area contributed by atoms with Gasteiger partial charge in [-0.1, -0.05) is 19.1 Å². The number of nitrogens with one attached hydrogen (secondary N) is 2. The number of amides is 1. The third-order valence-electron chi connectivity index (χ3n) is 2.45. The maximum atomic E-state index is 11.6. The van der Waals surface area contributed by atoms with Crippen molar-refractivity contribution in [2.24, 2.45) is 0 Å². The zero-order valence-electron chi connectivity index (χ0n) is 11.6. The molecule has 106 valence electrons. The van der Waals surface area contributed by atoms with Crippen LogP contribution in [0.2, 0.25) is 0 Å². The molecule has 19 heavy (non-hydrogen) atoms. The molecule has 1 aromatic rings. The summed E-state index contributed by atoms with van der Waals surface area (Å²) in [6.45, 7) is 4.73. The molecule has 0 fully saturated rings. The van der Waals surface area contributed by atoms with Gasteiger partial charge in [-0.05, 0) is 24.2 Å². The van der Waals surface area contributed by atoms with Gasteiger partial charge in [-0.25, -0.2) is 0 Å². The third-order valence-corrected chi connectivity index (χ3v) is 2.45. The fourth-order valence-electron chi connectivity index (χ4n) is 1.53. The molecule has 0 aliphatic rings. The minimum Gasteiger partial charge on any atom is -0.382 e. The molecule has 1 rings (SSSR count). The summed E-state index contributed by atoms with van der Waals surface area (Å²) in [7, 11) is 1.60. The summed E-state index contributed by atoms with van der Waals surface area (Å²) < 4.78 is 9.99. The quantitative estimate of drug-likeness (QED) is 0.663. The van der Waals surface area contributed by atoms with Crippen molar-refractivity contribution in [3.8, 4) is 0 Å². The van der Waals surface area contributed by atoms with Crippen molar-refractivity contribution >= 4 is 11.6 Å². The third kappa shape index (κ3) is 6.91. The van der Waals surface area contributed by atoms with Gasteiger partial charge in [0.05, 0.1) is 13.2 Å². The minimum atomic E-state index is -0.156. The number of rotatable bonds is 9. The van der Waals surface area contributed by atoms with Gasteiger partial charge in [-0.3, -0.25) is 4.79 Å². The monoisotopic (exact) mass is 266 g/mol. The van der Waals surface area contributed by atoms with Gasteiger partial charge < -0.3 is 20.1 Å². The predicted molar refractivity (Wildman–Crippen MR) is 75.1 cm³/mol. The summed E-state index contributed by atoms with van der Waals surface area (Å²) in [6.07, 6.45) is 0. The van der Waals surface area contributed by atoms with Gasteiger partial charge in [0.2, 0.25) is 5.91 Å². The van der Waals surface area contributed by atoms with Crippen molar-refractivity contribution < 1.29 is 14.3 Å². The van der Waals surface area contributed by atoms with Crippen LogP contribution in [0.1, 0.15) is 12.5 Å². The summed E-state index contributed by atoms with van der Waals surface area (Å²) in [5, 5.41) is 6.05. The van der Waals surface area contributed by atoms with Gasteiger partial charge in [0, 0.05) is 19.3 Å². The molecular weight excluding hydrogens is 244 g/mol. The Morgan fingerprint density at radius 3 is 2.89 bits per heavy atom. The van der Waals surface area contributed by atoms with E-state index in [9.17, 15) is 4.79 Å². The van der Waals surface area contributed by atoms with Crippen molar-refractivity contribution in [2.45, 2.75) is 13.5 Å². The summed E-state index contributed by atoms with van der Waals surface area (Å²) in [6, 6.07) is 7.76. The molecule has 0 heterocycles. The first-order chi connectivity index (χ1) is 9.26. The largest absolute Gasteiger partial charge is 0.382 e. The van der Waals surface area contributed by atoms with Crippen LogP contribution in [-0.4, -0.2) is 39.4 Å². The van der Waals surface area contributed by atoms with Crippen LogP contribution in [0.5, 0.6) is 0 Å². The van der Waals surface area contributed by atoms with Crippen molar-refractivity contribution in [1.29, 1.82) is 0 Å². The van der Waals surface area contributed by atoms with E-state index in [1.165, 1.54) is 0 Å². The Labute approximate surface area is 114 Å². The van der Waals surface area contributed by atoms with E-state index in [-0.39, 0.29) is 12.5 Å². The summed E-state index contributed by atoms with van der Waals surface area (Å²) in [5.74, 6) is -0.156. The second kappa shape index (κ2) is 9.49. The van der Waals surface area contributed by atoms with Gasteiger partial charge in [0.25, 0.3) is 0 Å². The molecule has 5 heteroatoms. The van der Waals surface area contributed by atoms with Crippen LogP contribution < -0.4 is 10.6 Å². The highest BCUT2D eigenvalue weighted by Gasteiger charge is 2.03. The fourth-order valence-corrected chi connectivity index (χ4v) is 1.53. The molecule has 1 amide bonds.